The molecule has 5 atom stereocenters. The lowest BCUT2D eigenvalue weighted by atomic mass is 9.89. The summed E-state index contributed by atoms with van der Waals surface area (Å²) in [6, 6.07) is 0.622. The van der Waals surface area contributed by atoms with E-state index in [1.54, 1.807) is 0 Å². The van der Waals surface area contributed by atoms with E-state index >= 15 is 0 Å². The van der Waals surface area contributed by atoms with Gasteiger partial charge in [-0.3, -0.25) is 4.79 Å². The van der Waals surface area contributed by atoms with Gasteiger partial charge in [0, 0.05) is 34.4 Å². The van der Waals surface area contributed by atoms with E-state index in [1.807, 2.05) is 0 Å². The molecule has 0 aromatic heterocycles. The van der Waals surface area contributed by atoms with Crippen LogP contribution in [-0.2, 0) is 4.79 Å². The largest absolute Gasteiger partial charge is 0.387 e. The summed E-state index contributed by atoms with van der Waals surface area (Å²) in [6.07, 6.45) is 11.0. The molecule has 3 nitrogen and oxygen atoms in total. The van der Waals surface area contributed by atoms with Crippen LogP contribution in [0.2, 0.25) is 5.54 Å². The fraction of sp³-hybridized carbons (Fsp3) is 0.571. The van der Waals surface area contributed by atoms with Gasteiger partial charge in [-0.2, -0.15) is 0 Å². The van der Waals surface area contributed by atoms with Gasteiger partial charge < -0.3 is 10.6 Å². The Morgan fingerprint density at radius 2 is 2.32 bits per heavy atom. The van der Waals surface area contributed by atoms with Crippen LogP contribution in [-0.4, -0.2) is 47.1 Å². The second kappa shape index (κ2) is 6.64. The van der Waals surface area contributed by atoms with Crippen molar-refractivity contribution in [3.63, 3.8) is 0 Å². The van der Waals surface area contributed by atoms with E-state index in [0.717, 1.165) is 29.0 Å². The quantitative estimate of drug-likeness (QED) is 0.404. The van der Waals surface area contributed by atoms with E-state index in [9.17, 15) is 4.79 Å². The van der Waals surface area contributed by atoms with Gasteiger partial charge in [-0.25, -0.2) is 0 Å². The maximum atomic E-state index is 11.8. The molecule has 2 aliphatic rings. The number of carbonyl (C=O) groups excluding carboxylic acids is 1. The number of nitrogens with one attached hydrogen (secondary N) is 2. The monoisotopic (exact) mass is 294 g/mol. The maximum Gasteiger partial charge on any atom is 0.159 e. The second-order valence-corrected chi connectivity index (χ2v) is 7.87. The molecule has 0 bridgehead atoms. The Balaban J connectivity index is 1.83. The third kappa shape index (κ3) is 3.65. The lowest BCUT2D eigenvalue weighted by Crippen LogP contribution is -2.24. The molecule has 0 amide bonds. The lowest BCUT2D eigenvalue weighted by Gasteiger charge is -2.20. The molecule has 2 rings (SSSR count). The highest BCUT2D eigenvalue weighted by molar-refractivity contribution is 7.38. The Bertz CT molecular complexity index is 399. The molecule has 1 aliphatic carbocycles. The SMILES string of the molecule is C=CC(=O)[C@@H]1CNC[C@H]1[C@@H]([SiH3])/C=C/N[C@H]1C[C@@H]1P=C. The Labute approximate surface area is 120 Å². The molecule has 1 saturated carbocycles. The topological polar surface area (TPSA) is 41.1 Å². The molecule has 0 unspecified atom stereocenters. The van der Waals surface area contributed by atoms with Crippen LogP contribution >= 0.6 is 8.20 Å². The van der Waals surface area contributed by atoms with E-state index in [4.69, 9.17) is 0 Å². The van der Waals surface area contributed by atoms with Gasteiger partial charge in [-0.15, -0.1) is 8.20 Å². The number of ketones is 1. The summed E-state index contributed by atoms with van der Waals surface area (Å²) in [5.41, 5.74) is 1.27. The molecule has 0 spiro atoms. The summed E-state index contributed by atoms with van der Waals surface area (Å²) in [7, 11) is 2.32. The average Bonchev–Trinajstić information content (AvgIpc) is 3.00. The molecule has 2 fully saturated rings. The predicted octanol–water partition coefficient (Wildman–Crippen LogP) is 0.353. The molecule has 5 heteroatoms. The van der Waals surface area contributed by atoms with Crippen molar-refractivity contribution in [2.45, 2.75) is 23.7 Å². The average molecular weight is 294 g/mol. The highest BCUT2D eigenvalue weighted by atomic mass is 31.1. The number of hydrogen-bond donors (Lipinski definition) is 2. The number of allylic oxidation sites excluding steroid dienone is 2. The van der Waals surface area contributed by atoms with Crippen LogP contribution in [0.5, 0.6) is 0 Å². The summed E-state index contributed by atoms with van der Waals surface area (Å²) in [4.78, 5) is 11.8. The van der Waals surface area contributed by atoms with Gasteiger partial charge >= 0.3 is 0 Å². The highest BCUT2D eigenvalue weighted by Crippen LogP contribution is 2.33. The first kappa shape index (κ1) is 14.7. The first-order valence-electron chi connectivity index (χ1n) is 6.93. The zero-order valence-corrected chi connectivity index (χ0v) is 14.4. The van der Waals surface area contributed by atoms with Gasteiger partial charge in [0.05, 0.1) is 0 Å². The number of rotatable bonds is 7. The first-order valence-corrected chi connectivity index (χ1v) is 9.23. The molecule has 1 heterocycles. The van der Waals surface area contributed by atoms with Crippen molar-refractivity contribution in [2.75, 3.05) is 13.1 Å². The minimum atomic E-state index is 0.122. The minimum absolute atomic E-state index is 0.122. The van der Waals surface area contributed by atoms with Crippen LogP contribution in [0.25, 0.3) is 0 Å². The zero-order chi connectivity index (χ0) is 13.8. The molecular weight excluding hydrogens is 271 g/mol. The van der Waals surface area contributed by atoms with E-state index in [0.29, 0.717) is 17.5 Å². The van der Waals surface area contributed by atoms with Gasteiger partial charge in [0.1, 0.15) is 0 Å². The summed E-state index contributed by atoms with van der Waals surface area (Å²) in [5, 5.41) is 6.78. The van der Waals surface area contributed by atoms with Gasteiger partial charge in [-0.05, 0) is 36.7 Å². The standard InChI is InChI=1S/C14H23N2OPSi/c1-3-12(17)9-7-15-8-10(9)14(19)4-5-16-11-6-13(11)18-2/h3-5,9-11,13-16H,1-2,6-8H2,19H3/b5-4+/t9-,10-,11+,13+,14+/m1/s1. The van der Waals surface area contributed by atoms with Crippen LogP contribution in [0, 0.1) is 11.8 Å². The summed E-state index contributed by atoms with van der Waals surface area (Å²) < 4.78 is 0. The zero-order valence-electron chi connectivity index (χ0n) is 11.5. The van der Waals surface area contributed by atoms with Crippen LogP contribution in [0.15, 0.2) is 24.9 Å². The molecule has 1 saturated heterocycles. The molecule has 0 aromatic carbocycles. The molecule has 1 aliphatic heterocycles. The van der Waals surface area contributed by atoms with Gasteiger partial charge in [0.25, 0.3) is 0 Å². The van der Waals surface area contributed by atoms with E-state index < -0.39 is 0 Å². The van der Waals surface area contributed by atoms with Crippen LogP contribution < -0.4 is 10.6 Å². The third-order valence-electron chi connectivity index (χ3n) is 4.20. The summed E-state index contributed by atoms with van der Waals surface area (Å²) in [5.74, 6) is 0.753. The smallest absolute Gasteiger partial charge is 0.159 e. The van der Waals surface area contributed by atoms with E-state index in [2.05, 4.69) is 35.8 Å². The molecule has 2 N–H and O–H groups in total. The second-order valence-electron chi connectivity index (χ2n) is 5.51. The molecule has 104 valence electrons. The number of hydrogen-bond acceptors (Lipinski definition) is 3. The van der Waals surface area contributed by atoms with Crippen molar-refractivity contribution in [2.24, 2.45) is 11.8 Å². The Kier molecular flexibility index (Phi) is 5.14. The molecular formula is C14H23N2OPSi. The summed E-state index contributed by atoms with van der Waals surface area (Å²) in [6.45, 7) is 5.36. The molecule has 0 radical (unpaired) electrons. The normalized spacial score (nSPS) is 35.6. The maximum absolute atomic E-state index is 11.8. The van der Waals surface area contributed by atoms with E-state index in [-0.39, 0.29) is 11.7 Å². The Hall–Kier alpha value is -0.703. The predicted molar refractivity (Wildman–Crippen MR) is 87.3 cm³/mol. The minimum Gasteiger partial charge on any atom is -0.387 e. The van der Waals surface area contributed by atoms with Crippen LogP contribution in [0.4, 0.5) is 0 Å². The highest BCUT2D eigenvalue weighted by Gasteiger charge is 2.35. The lowest BCUT2D eigenvalue weighted by molar-refractivity contribution is -0.118. The van der Waals surface area contributed by atoms with Crippen LogP contribution in [0.3, 0.4) is 0 Å². The van der Waals surface area contributed by atoms with E-state index in [1.165, 1.54) is 20.7 Å². The van der Waals surface area contributed by atoms with Crippen molar-refractivity contribution < 1.29 is 4.79 Å². The van der Waals surface area contributed by atoms with Crippen molar-refractivity contribution in [1.29, 1.82) is 0 Å². The van der Waals surface area contributed by atoms with Crippen LogP contribution in [0.1, 0.15) is 6.42 Å². The third-order valence-corrected chi connectivity index (χ3v) is 6.49. The fourth-order valence-electron chi connectivity index (χ4n) is 2.75. The van der Waals surface area contributed by atoms with Crippen molar-refractivity contribution in [1.82, 2.24) is 10.6 Å². The number of carbonyl (C=O) groups is 1. The van der Waals surface area contributed by atoms with Crippen molar-refractivity contribution in [3.8, 4) is 0 Å². The van der Waals surface area contributed by atoms with Gasteiger partial charge in [0.15, 0.2) is 5.78 Å². The summed E-state index contributed by atoms with van der Waals surface area (Å²) >= 11 is 0. The Morgan fingerprint density at radius 1 is 1.53 bits per heavy atom. The fourth-order valence-corrected chi connectivity index (χ4v) is 4.36. The van der Waals surface area contributed by atoms with Crippen molar-refractivity contribution >= 4 is 30.5 Å². The molecule has 0 aromatic rings. The first-order chi connectivity index (χ1) is 9.17. The van der Waals surface area contributed by atoms with Crippen molar-refractivity contribution in [3.05, 3.63) is 24.9 Å². The van der Waals surface area contributed by atoms with Gasteiger partial charge in [-0.1, -0.05) is 19.0 Å². The molecule has 19 heavy (non-hydrogen) atoms. The Morgan fingerprint density at radius 3 is 2.95 bits per heavy atom. The van der Waals surface area contributed by atoms with Gasteiger partial charge in [0.2, 0.25) is 0 Å².